The summed E-state index contributed by atoms with van der Waals surface area (Å²) in [5.74, 6) is -1.46. The molecule has 14 nitrogen and oxygen atoms in total. The smallest absolute Gasteiger partial charge is 0.303 e. The molecule has 0 spiro atoms. The molecule has 5 rings (SSSR count). The van der Waals surface area contributed by atoms with Crippen LogP contribution in [-0.4, -0.2) is 113 Å². The van der Waals surface area contributed by atoms with Gasteiger partial charge in [0.05, 0.1) is 0 Å². The van der Waals surface area contributed by atoms with Gasteiger partial charge in [0.15, 0.2) is 17.8 Å². The highest BCUT2D eigenvalue weighted by Crippen LogP contribution is 2.42. The van der Waals surface area contributed by atoms with Crippen LogP contribution in [0.4, 0.5) is 0 Å². The molecular formula is C29H37NO13. The Morgan fingerprint density at radius 2 is 1.65 bits per heavy atom. The number of hydrogen-bond acceptors (Lipinski definition) is 13. The van der Waals surface area contributed by atoms with E-state index in [4.69, 9.17) is 42.6 Å². The molecule has 0 aliphatic carbocycles. The van der Waals surface area contributed by atoms with Gasteiger partial charge in [0.25, 0.3) is 5.91 Å². The fourth-order valence-corrected chi connectivity index (χ4v) is 6.22. The molecule has 0 unspecified atom stereocenters. The van der Waals surface area contributed by atoms with Crippen molar-refractivity contribution in [2.45, 2.75) is 82.1 Å². The maximum Gasteiger partial charge on any atom is 0.303 e. The first kappa shape index (κ1) is 31.1. The van der Waals surface area contributed by atoms with Crippen LogP contribution in [0.2, 0.25) is 0 Å². The van der Waals surface area contributed by atoms with Gasteiger partial charge in [0, 0.05) is 60.6 Å². The van der Waals surface area contributed by atoms with Crippen molar-refractivity contribution in [3.8, 4) is 11.5 Å². The molecule has 2 bridgehead atoms. The van der Waals surface area contributed by atoms with Crippen molar-refractivity contribution in [2.75, 3.05) is 41.3 Å². The number of ketones is 1. The molecule has 1 aromatic rings. The molecule has 1 amide bonds. The lowest BCUT2D eigenvalue weighted by Gasteiger charge is -2.45. The molecule has 4 heterocycles. The van der Waals surface area contributed by atoms with E-state index in [1.807, 2.05) is 0 Å². The number of esters is 2. The lowest BCUT2D eigenvalue weighted by atomic mass is 9.86. The van der Waals surface area contributed by atoms with Gasteiger partial charge >= 0.3 is 11.9 Å². The number of nitrogens with zero attached hydrogens (tertiary/aromatic N) is 1. The number of Topliss-reactive ketones (excluding diaryl/α,β-unsaturated/α-hetero) is 1. The van der Waals surface area contributed by atoms with Crippen molar-refractivity contribution in [2.24, 2.45) is 0 Å². The van der Waals surface area contributed by atoms with Crippen LogP contribution < -0.4 is 9.47 Å². The molecule has 2 fully saturated rings. The normalized spacial score (nSPS) is 31.9. The second-order valence-corrected chi connectivity index (χ2v) is 10.8. The Hall–Kier alpha value is -3.30. The number of carbonyl (C=O) groups is 4. The SMILES string of the molecule is CO[C@@H]1[C@@H](OC)[C@H](O[C@@H]2CC(=O)[C@H]3CCN(Cc4cc5c(cc43)OCO5)C(=O)[C@H]2OC(C)=O)O[C@H](COC(C)=O)[C@H]1OC. The zero-order valence-corrected chi connectivity index (χ0v) is 24.8. The van der Waals surface area contributed by atoms with E-state index in [-0.39, 0.29) is 38.7 Å². The molecule has 236 valence electrons. The topological polar surface area (TPSA) is 155 Å². The fraction of sp³-hybridized carbons (Fsp3) is 0.655. The largest absolute Gasteiger partial charge is 0.463 e. The molecule has 43 heavy (non-hydrogen) atoms. The molecule has 4 aliphatic heterocycles. The van der Waals surface area contributed by atoms with Crippen LogP contribution in [0.3, 0.4) is 0 Å². The van der Waals surface area contributed by atoms with E-state index in [1.54, 1.807) is 17.0 Å². The van der Waals surface area contributed by atoms with Gasteiger partial charge < -0.3 is 47.5 Å². The van der Waals surface area contributed by atoms with Crippen LogP contribution in [0.5, 0.6) is 11.5 Å². The van der Waals surface area contributed by atoms with Crippen molar-refractivity contribution >= 4 is 23.6 Å². The van der Waals surface area contributed by atoms with Gasteiger partial charge in [0.2, 0.25) is 12.9 Å². The van der Waals surface area contributed by atoms with Gasteiger partial charge in [-0.2, -0.15) is 0 Å². The maximum absolute atomic E-state index is 14.0. The Kier molecular flexibility index (Phi) is 9.51. The van der Waals surface area contributed by atoms with Crippen LogP contribution in [0.1, 0.15) is 43.7 Å². The summed E-state index contributed by atoms with van der Waals surface area (Å²) >= 11 is 0. The monoisotopic (exact) mass is 607 g/mol. The minimum absolute atomic E-state index is 0.0663. The van der Waals surface area contributed by atoms with Crippen LogP contribution in [0.25, 0.3) is 0 Å². The Morgan fingerprint density at radius 3 is 2.30 bits per heavy atom. The summed E-state index contributed by atoms with van der Waals surface area (Å²) in [4.78, 5) is 53.4. The fourth-order valence-electron chi connectivity index (χ4n) is 6.22. The molecule has 4 aliphatic rings. The van der Waals surface area contributed by atoms with Crippen LogP contribution in [-0.2, 0) is 58.9 Å². The van der Waals surface area contributed by atoms with Crippen molar-refractivity contribution in [3.05, 3.63) is 23.3 Å². The second-order valence-electron chi connectivity index (χ2n) is 10.8. The van der Waals surface area contributed by atoms with Crippen molar-refractivity contribution in [3.63, 3.8) is 0 Å². The van der Waals surface area contributed by atoms with E-state index in [0.29, 0.717) is 17.9 Å². The summed E-state index contributed by atoms with van der Waals surface area (Å²) in [5, 5.41) is 0. The summed E-state index contributed by atoms with van der Waals surface area (Å²) in [6, 6.07) is 3.59. The molecule has 0 aromatic heterocycles. The summed E-state index contributed by atoms with van der Waals surface area (Å²) < 4.78 is 51.4. The van der Waals surface area contributed by atoms with E-state index in [2.05, 4.69) is 0 Å². The molecule has 14 heteroatoms. The highest BCUT2D eigenvalue weighted by Gasteiger charge is 2.51. The number of fused-ring (bicyclic) bond motifs is 6. The van der Waals surface area contributed by atoms with Crippen molar-refractivity contribution in [1.29, 1.82) is 0 Å². The lowest BCUT2D eigenvalue weighted by molar-refractivity contribution is -0.326. The van der Waals surface area contributed by atoms with Gasteiger partial charge in [-0.1, -0.05) is 0 Å². The van der Waals surface area contributed by atoms with Gasteiger partial charge in [-0.15, -0.1) is 0 Å². The first-order chi connectivity index (χ1) is 20.6. The number of hydrogen-bond donors (Lipinski definition) is 0. The van der Waals surface area contributed by atoms with Gasteiger partial charge in [-0.25, -0.2) is 0 Å². The predicted octanol–water partition coefficient (Wildman–Crippen LogP) is 0.854. The summed E-state index contributed by atoms with van der Waals surface area (Å²) in [6.45, 7) is 2.76. The second kappa shape index (κ2) is 13.1. The Balaban J connectivity index is 1.50. The predicted molar refractivity (Wildman–Crippen MR) is 143 cm³/mol. The minimum Gasteiger partial charge on any atom is -0.463 e. The van der Waals surface area contributed by atoms with Gasteiger partial charge in [0.1, 0.15) is 42.9 Å². The Labute approximate surface area is 248 Å². The zero-order chi connectivity index (χ0) is 30.8. The maximum atomic E-state index is 14.0. The van der Waals surface area contributed by atoms with E-state index in [1.165, 1.54) is 35.2 Å². The number of ether oxygens (including phenoxy) is 9. The van der Waals surface area contributed by atoms with E-state index < -0.39 is 66.7 Å². The molecular weight excluding hydrogens is 570 g/mol. The average Bonchev–Trinajstić information content (AvgIpc) is 3.36. The zero-order valence-electron chi connectivity index (χ0n) is 24.8. The number of methoxy groups -OCH3 is 3. The van der Waals surface area contributed by atoms with Crippen molar-refractivity contribution < 1.29 is 61.8 Å². The van der Waals surface area contributed by atoms with Crippen LogP contribution >= 0.6 is 0 Å². The van der Waals surface area contributed by atoms with E-state index in [0.717, 1.165) is 11.1 Å². The quantitative estimate of drug-likeness (QED) is 0.384. The molecule has 2 saturated heterocycles. The summed E-state index contributed by atoms with van der Waals surface area (Å²) in [7, 11) is 4.34. The highest BCUT2D eigenvalue weighted by atomic mass is 16.7. The van der Waals surface area contributed by atoms with Gasteiger partial charge in [-0.3, -0.25) is 19.2 Å². The number of rotatable bonds is 8. The average molecular weight is 608 g/mol. The van der Waals surface area contributed by atoms with Crippen LogP contribution in [0.15, 0.2) is 12.1 Å². The third kappa shape index (κ3) is 6.34. The molecule has 0 radical (unpaired) electrons. The Morgan fingerprint density at radius 1 is 0.953 bits per heavy atom. The molecule has 0 N–H and O–H groups in total. The van der Waals surface area contributed by atoms with Crippen molar-refractivity contribution in [1.82, 2.24) is 4.90 Å². The first-order valence-corrected chi connectivity index (χ1v) is 14.1. The van der Waals surface area contributed by atoms with Gasteiger partial charge in [-0.05, 0) is 29.7 Å². The minimum atomic E-state index is -1.45. The van der Waals surface area contributed by atoms with E-state index in [9.17, 15) is 19.2 Å². The number of amides is 1. The lowest BCUT2D eigenvalue weighted by Crippen LogP contribution is -2.62. The third-order valence-corrected chi connectivity index (χ3v) is 8.20. The highest BCUT2D eigenvalue weighted by molar-refractivity contribution is 5.91. The number of benzene rings is 1. The molecule has 0 saturated carbocycles. The summed E-state index contributed by atoms with van der Waals surface area (Å²) in [5.41, 5.74) is 1.51. The number of carbonyl (C=O) groups excluding carboxylic acids is 4. The Bertz CT molecular complexity index is 1240. The first-order valence-electron chi connectivity index (χ1n) is 14.1. The molecule has 1 aromatic carbocycles. The summed E-state index contributed by atoms with van der Waals surface area (Å²) in [6.07, 6.45) is -7.01. The van der Waals surface area contributed by atoms with E-state index >= 15 is 0 Å². The van der Waals surface area contributed by atoms with Crippen LogP contribution in [0, 0.1) is 0 Å². The molecule has 8 atom stereocenters. The third-order valence-electron chi connectivity index (χ3n) is 8.20. The standard InChI is InChI=1S/C29H37NO13/c1-14(31)38-12-23-24(35-3)26(36-4)27(37-5)29(43-23)42-22-10-19(33)17-6-7-30(28(34)25(22)41-15(2)32)11-16-8-20-21(9-18(16)17)40-13-39-20/h8-9,17,22-27,29H,6-7,10-13H2,1-5H3/t17-,22+,23+,24+,25-,26-,27+,29+/m0/s1.